The van der Waals surface area contributed by atoms with E-state index >= 15 is 0 Å². The van der Waals surface area contributed by atoms with Crippen LogP contribution in [0.3, 0.4) is 0 Å². The molecule has 0 aliphatic heterocycles. The molecule has 1 nitrogen and oxygen atoms in total. The van der Waals surface area contributed by atoms with E-state index in [9.17, 15) is 4.70 Å². The van der Waals surface area contributed by atoms with Crippen molar-refractivity contribution in [3.8, 4) is 447 Å². The van der Waals surface area contributed by atoms with Crippen molar-refractivity contribution in [3.05, 3.63) is 0 Å². The summed E-state index contributed by atoms with van der Waals surface area (Å²) < 4.78 is 16.7. The standard InChI is InChI=1S/C76H2BIO/c1-3-5-7-9-11-13-15-17-19-21-23-25-27-29-31-33-35-37-39-41-43-45-47-49-51-53-55-57-59-61-63-65-67-69-71-73-75-78(77-79)76-74-72-70-68-66-64-62-60-58-56-54-52-50-48-46-44-42-40-38-36-34-32-30-28-26-24-22-20-18-16-14-12-10-8-6-4-2/h1-2H. The predicted molar refractivity (Wildman–Crippen MR) is 318 cm³/mol. The van der Waals surface area contributed by atoms with Crippen molar-refractivity contribution in [3.63, 3.8) is 0 Å². The van der Waals surface area contributed by atoms with Crippen molar-refractivity contribution in [2.75, 3.05) is 0 Å². The van der Waals surface area contributed by atoms with E-state index in [0.29, 0.717) is 5.01 Å². The molecule has 0 amide bonds. The normalized spacial score (nSPS) is 4.30. The van der Waals surface area contributed by atoms with E-state index in [1.807, 2.05) is 0 Å². The Balaban J connectivity index is 4.75. The second-order valence-electron chi connectivity index (χ2n) is 9.63. The van der Waals surface area contributed by atoms with Crippen molar-refractivity contribution < 1.29 is 4.70 Å². The van der Waals surface area contributed by atoms with Crippen LogP contribution in [0.15, 0.2) is 0 Å². The number of terminal acetylenes is 2. The SMILES string of the molecule is C#CC#CC#CC#CC#CC#CC#CC#CC#CC#CC#CC#CC#CC#CC#CC#CC#CC#CC#CI(B=O)C#CC#CC#CC#CC#CC#CC#CC#CC#CC#CC#CC#CC#CC#CC#CC#CC#CC#CC#C. The van der Waals surface area contributed by atoms with Gasteiger partial charge in [0.1, 0.15) is 0 Å². The molecule has 0 heterocycles. The van der Waals surface area contributed by atoms with Crippen LogP contribution >= 0.6 is 19.6 Å². The van der Waals surface area contributed by atoms with Gasteiger partial charge >= 0.3 is 167 Å². The third kappa shape index (κ3) is 57.9. The van der Waals surface area contributed by atoms with Crippen LogP contribution in [0, 0.1) is 447 Å². The van der Waals surface area contributed by atoms with E-state index in [1.165, 1.54) is 0 Å². The molecule has 0 aromatic rings. The molecule has 0 fully saturated rings. The van der Waals surface area contributed by atoms with Gasteiger partial charge < -0.3 is 0 Å². The molecular weight excluding hydrogens is 1070 g/mol. The van der Waals surface area contributed by atoms with E-state index in [4.69, 9.17) is 12.8 Å². The Bertz CT molecular complexity index is 4910. The summed E-state index contributed by atoms with van der Waals surface area (Å²) >= 11 is -2.54. The molecular formula is C76H2BIO. The van der Waals surface area contributed by atoms with Crippen LogP contribution in [-0.4, -0.2) is 5.01 Å². The summed E-state index contributed by atoms with van der Waals surface area (Å²) in [6.07, 6.45) is 9.90. The van der Waals surface area contributed by atoms with Crippen LogP contribution in [0.5, 0.6) is 0 Å². The van der Waals surface area contributed by atoms with Gasteiger partial charge in [0.15, 0.2) is 0 Å². The topological polar surface area (TPSA) is 17.1 Å². The Morgan fingerprint density at radius 3 is 0.329 bits per heavy atom. The Hall–Kier alpha value is -16.1. The van der Waals surface area contributed by atoms with Gasteiger partial charge in [0, 0.05) is 201 Å². The summed E-state index contributed by atoms with van der Waals surface area (Å²) in [4.78, 5) is 0. The second kappa shape index (κ2) is 59.9. The molecule has 0 rings (SSSR count). The molecule has 0 saturated heterocycles. The molecule has 0 bridgehead atoms. The molecule has 0 aromatic carbocycles. The molecule has 3 heteroatoms. The van der Waals surface area contributed by atoms with Gasteiger partial charge in [-0.1, -0.05) is 0 Å². The average molecular weight is 1070 g/mol. The van der Waals surface area contributed by atoms with Gasteiger partial charge in [-0.15, -0.1) is 12.8 Å². The van der Waals surface area contributed by atoms with Crippen molar-refractivity contribution >= 4 is 24.6 Å². The quantitative estimate of drug-likeness (QED) is 0.216. The summed E-state index contributed by atoms with van der Waals surface area (Å²) in [6.45, 7) is 0. The second-order valence-corrected chi connectivity index (χ2v) is 13.0. The zero-order chi connectivity index (χ0) is 56.6. The number of halogens is 1. The summed E-state index contributed by atoms with van der Waals surface area (Å²) in [5.74, 6) is 178. The maximum atomic E-state index is 11.3. The fraction of sp³-hybridized carbons (Fsp3) is 0. The van der Waals surface area contributed by atoms with Gasteiger partial charge in [-0.25, -0.2) is 0 Å². The van der Waals surface area contributed by atoms with Gasteiger partial charge in [0.05, 0.1) is 0 Å². The predicted octanol–water partition coefficient (Wildman–Crippen LogP) is 0.761. The monoisotopic (exact) mass is 1070 g/mol. The van der Waals surface area contributed by atoms with Gasteiger partial charge in [-0.2, -0.15) is 0 Å². The van der Waals surface area contributed by atoms with Crippen LogP contribution in [0.4, 0.5) is 0 Å². The molecule has 0 N–H and O–H groups in total. The summed E-state index contributed by atoms with van der Waals surface area (Å²) in [6, 6.07) is 0. The average Bonchev–Trinajstić information content (AvgIpc) is 3.46. The van der Waals surface area contributed by atoms with Crippen molar-refractivity contribution in [1.29, 1.82) is 0 Å². The Morgan fingerprint density at radius 1 is 0.152 bits per heavy atom. The van der Waals surface area contributed by atoms with Crippen molar-refractivity contribution in [1.82, 2.24) is 0 Å². The molecule has 0 aromatic heterocycles. The van der Waals surface area contributed by atoms with Gasteiger partial charge in [0.2, 0.25) is 0 Å². The maximum absolute atomic E-state index is 11.3. The minimum absolute atomic E-state index is 0.701. The summed E-state index contributed by atoms with van der Waals surface area (Å²) in [5.41, 5.74) is 0. The Labute approximate surface area is 472 Å². The molecule has 322 valence electrons. The van der Waals surface area contributed by atoms with Crippen LogP contribution in [0.25, 0.3) is 0 Å². The molecule has 79 heavy (non-hydrogen) atoms. The van der Waals surface area contributed by atoms with Gasteiger partial charge in [0.25, 0.3) is 0 Å². The summed E-state index contributed by atoms with van der Waals surface area (Å²) in [5, 5.41) is 0.701. The first-order chi connectivity index (χ1) is 39.3. The minimum Gasteiger partial charge on any atom is -0.106 e. The molecule has 0 spiro atoms. The van der Waals surface area contributed by atoms with E-state index in [2.05, 4.69) is 434 Å². The molecule has 0 unspecified atom stereocenters. The fourth-order valence-electron chi connectivity index (χ4n) is 2.35. The van der Waals surface area contributed by atoms with Gasteiger partial charge in [-0.3, -0.25) is 0 Å². The Morgan fingerprint density at radius 2 is 0.241 bits per heavy atom. The Kier molecular flexibility index (Phi) is 47.7. The van der Waals surface area contributed by atoms with Crippen LogP contribution in [0.1, 0.15) is 0 Å². The summed E-state index contributed by atoms with van der Waals surface area (Å²) in [7, 11) is 0. The first kappa shape index (κ1) is 62.9. The molecule has 0 saturated carbocycles. The third-order valence-electron chi connectivity index (χ3n) is 4.78. The van der Waals surface area contributed by atoms with Gasteiger partial charge in [-0.05, 0) is 94.7 Å². The van der Waals surface area contributed by atoms with Crippen molar-refractivity contribution in [2.45, 2.75) is 0 Å². The molecule has 0 aliphatic rings. The van der Waals surface area contributed by atoms with E-state index in [1.54, 1.807) is 0 Å². The first-order valence-corrected chi connectivity index (χ1v) is 22.8. The molecule has 0 aliphatic carbocycles. The first-order valence-electron chi connectivity index (χ1n) is 19.4. The number of hydrogen-bond acceptors (Lipinski definition) is 1. The van der Waals surface area contributed by atoms with Crippen LogP contribution in [-0.2, 0) is 4.70 Å². The van der Waals surface area contributed by atoms with E-state index in [-0.39, 0.29) is 0 Å². The smallest absolute Gasteiger partial charge is 0.106 e. The molecule has 0 radical (unpaired) electrons. The fourth-order valence-corrected chi connectivity index (χ4v) is 3.59. The minimum atomic E-state index is -2.54. The third-order valence-corrected chi connectivity index (χ3v) is 6.99. The van der Waals surface area contributed by atoms with Crippen LogP contribution < -0.4 is 0 Å². The molecule has 0 atom stereocenters. The van der Waals surface area contributed by atoms with Crippen LogP contribution in [0.2, 0.25) is 0 Å². The number of hydrogen-bond donors (Lipinski definition) is 0. The van der Waals surface area contributed by atoms with E-state index in [0.717, 1.165) is 0 Å². The zero-order valence-corrected chi connectivity index (χ0v) is 41.7. The van der Waals surface area contributed by atoms with Crippen molar-refractivity contribution in [2.24, 2.45) is 0 Å². The number of rotatable bonds is 1. The zero-order valence-electron chi connectivity index (χ0n) is 39.5. The van der Waals surface area contributed by atoms with E-state index < -0.39 is 19.6 Å².